The van der Waals surface area contributed by atoms with E-state index in [4.69, 9.17) is 14.2 Å². The van der Waals surface area contributed by atoms with Crippen LogP contribution >= 0.6 is 0 Å². The summed E-state index contributed by atoms with van der Waals surface area (Å²) in [5.41, 5.74) is 2.26. The van der Waals surface area contributed by atoms with E-state index in [0.29, 0.717) is 50.7 Å². The first-order valence-corrected chi connectivity index (χ1v) is 9.36. The summed E-state index contributed by atoms with van der Waals surface area (Å²) in [5.74, 6) is 1.27. The fourth-order valence-corrected chi connectivity index (χ4v) is 3.88. The Hall–Kier alpha value is -2.28. The molecule has 1 saturated heterocycles. The number of hydrogen-bond acceptors (Lipinski definition) is 5. The van der Waals surface area contributed by atoms with E-state index in [-0.39, 0.29) is 17.7 Å². The van der Waals surface area contributed by atoms with Crippen molar-refractivity contribution in [2.45, 2.75) is 25.8 Å². The first-order valence-electron chi connectivity index (χ1n) is 9.36. The second kappa shape index (κ2) is 8.61. The van der Waals surface area contributed by atoms with E-state index in [9.17, 15) is 9.59 Å². The van der Waals surface area contributed by atoms with Crippen molar-refractivity contribution in [1.82, 2.24) is 9.80 Å². The number of fused-ring (bicyclic) bond motifs is 1. The third kappa shape index (κ3) is 4.18. The molecule has 1 fully saturated rings. The summed E-state index contributed by atoms with van der Waals surface area (Å²) in [6, 6.07) is 3.94. The van der Waals surface area contributed by atoms with Gasteiger partial charge in [-0.15, -0.1) is 0 Å². The Morgan fingerprint density at radius 1 is 1.15 bits per heavy atom. The number of benzene rings is 1. The highest BCUT2D eigenvalue weighted by atomic mass is 16.5. The lowest BCUT2D eigenvalue weighted by molar-refractivity contribution is -0.136. The molecule has 1 aromatic carbocycles. The van der Waals surface area contributed by atoms with Crippen molar-refractivity contribution in [2.24, 2.45) is 5.92 Å². The smallest absolute Gasteiger partial charge is 0.228 e. The molecule has 0 radical (unpaired) electrons. The molecule has 2 amide bonds. The van der Waals surface area contributed by atoms with E-state index >= 15 is 0 Å². The minimum atomic E-state index is -0.248. The van der Waals surface area contributed by atoms with Gasteiger partial charge in [0.25, 0.3) is 0 Å². The van der Waals surface area contributed by atoms with E-state index in [1.807, 2.05) is 17.0 Å². The maximum absolute atomic E-state index is 13.0. The molecule has 0 N–H and O–H groups in total. The Labute approximate surface area is 160 Å². The van der Waals surface area contributed by atoms with Gasteiger partial charge in [0.15, 0.2) is 11.5 Å². The Morgan fingerprint density at radius 3 is 2.52 bits per heavy atom. The van der Waals surface area contributed by atoms with Crippen LogP contribution in [0.15, 0.2) is 12.1 Å². The lowest BCUT2D eigenvalue weighted by Gasteiger charge is -2.31. The molecule has 2 heterocycles. The van der Waals surface area contributed by atoms with Gasteiger partial charge < -0.3 is 24.0 Å². The second-order valence-corrected chi connectivity index (χ2v) is 7.07. The van der Waals surface area contributed by atoms with Crippen LogP contribution in [0.2, 0.25) is 0 Å². The topological polar surface area (TPSA) is 68.3 Å². The van der Waals surface area contributed by atoms with E-state index in [1.54, 1.807) is 26.2 Å². The monoisotopic (exact) mass is 376 g/mol. The SMILES string of the molecule is COCCCN1CC(C(=O)N2CCc3cc(OC)c(OC)cc3C2)CC1=O. The van der Waals surface area contributed by atoms with E-state index in [1.165, 1.54) is 5.56 Å². The van der Waals surface area contributed by atoms with E-state index in [0.717, 1.165) is 18.4 Å². The number of carbonyl (C=O) groups excluding carboxylic acids is 2. The number of amides is 2. The number of hydrogen-bond donors (Lipinski definition) is 0. The number of carbonyl (C=O) groups is 2. The molecule has 0 bridgehead atoms. The molecule has 0 spiro atoms. The second-order valence-electron chi connectivity index (χ2n) is 7.07. The van der Waals surface area contributed by atoms with E-state index in [2.05, 4.69) is 0 Å². The minimum absolute atomic E-state index is 0.0632. The van der Waals surface area contributed by atoms with Gasteiger partial charge in [-0.3, -0.25) is 9.59 Å². The number of rotatable bonds is 7. The van der Waals surface area contributed by atoms with Crippen LogP contribution < -0.4 is 9.47 Å². The van der Waals surface area contributed by atoms with Gasteiger partial charge in [0.1, 0.15) is 0 Å². The molecular weight excluding hydrogens is 348 g/mol. The summed E-state index contributed by atoms with van der Waals surface area (Å²) in [6.07, 6.45) is 1.88. The number of likely N-dealkylation sites (tertiary alicyclic amines) is 1. The van der Waals surface area contributed by atoms with Crippen LogP contribution in [0.5, 0.6) is 11.5 Å². The molecule has 0 aromatic heterocycles. The lowest BCUT2D eigenvalue weighted by atomic mass is 9.97. The molecule has 2 aliphatic rings. The van der Waals surface area contributed by atoms with Gasteiger partial charge in [0.05, 0.1) is 20.1 Å². The predicted octanol–water partition coefficient (Wildman–Crippen LogP) is 1.47. The zero-order valence-corrected chi connectivity index (χ0v) is 16.3. The summed E-state index contributed by atoms with van der Waals surface area (Å²) < 4.78 is 15.8. The zero-order valence-electron chi connectivity index (χ0n) is 16.3. The van der Waals surface area contributed by atoms with Crippen LogP contribution in [-0.2, 0) is 27.3 Å². The Bertz CT molecular complexity index is 706. The molecule has 3 rings (SSSR count). The zero-order chi connectivity index (χ0) is 19.4. The predicted molar refractivity (Wildman–Crippen MR) is 99.8 cm³/mol. The maximum atomic E-state index is 13.0. The first-order chi connectivity index (χ1) is 13.1. The normalized spacial score (nSPS) is 19.2. The fourth-order valence-electron chi connectivity index (χ4n) is 3.88. The van der Waals surface area contributed by atoms with Gasteiger partial charge in [0, 0.05) is 46.3 Å². The molecule has 2 aliphatic heterocycles. The molecule has 27 heavy (non-hydrogen) atoms. The summed E-state index contributed by atoms with van der Waals surface area (Å²) in [7, 11) is 4.88. The van der Waals surface area contributed by atoms with Crippen molar-refractivity contribution in [3.63, 3.8) is 0 Å². The summed E-state index contributed by atoms with van der Waals surface area (Å²) in [5, 5.41) is 0. The standard InChI is InChI=1S/C20H28N2O5/c1-25-8-4-6-21-13-16(11-19(21)23)20(24)22-7-5-14-9-17(26-2)18(27-3)10-15(14)12-22/h9-10,16H,4-8,11-13H2,1-3H3. The molecule has 0 aliphatic carbocycles. The van der Waals surface area contributed by atoms with Gasteiger partial charge in [-0.05, 0) is 36.1 Å². The van der Waals surface area contributed by atoms with E-state index < -0.39 is 0 Å². The number of methoxy groups -OCH3 is 3. The lowest BCUT2D eigenvalue weighted by Crippen LogP contribution is -2.40. The van der Waals surface area contributed by atoms with Crippen molar-refractivity contribution in [1.29, 1.82) is 0 Å². The largest absolute Gasteiger partial charge is 0.493 e. The summed E-state index contributed by atoms with van der Waals surface area (Å²) >= 11 is 0. The van der Waals surface area contributed by atoms with Gasteiger partial charge in [0.2, 0.25) is 11.8 Å². The third-order valence-electron chi connectivity index (χ3n) is 5.37. The minimum Gasteiger partial charge on any atom is -0.493 e. The van der Waals surface area contributed by atoms with Crippen molar-refractivity contribution in [3.05, 3.63) is 23.3 Å². The Morgan fingerprint density at radius 2 is 1.85 bits per heavy atom. The van der Waals surface area contributed by atoms with Crippen molar-refractivity contribution < 1.29 is 23.8 Å². The molecule has 7 nitrogen and oxygen atoms in total. The van der Waals surface area contributed by atoms with Crippen molar-refractivity contribution >= 4 is 11.8 Å². The summed E-state index contributed by atoms with van der Waals surface area (Å²) in [4.78, 5) is 28.8. The quantitative estimate of drug-likeness (QED) is 0.674. The molecular formula is C20H28N2O5. The van der Waals surface area contributed by atoms with Crippen LogP contribution in [-0.4, -0.2) is 69.2 Å². The van der Waals surface area contributed by atoms with Crippen LogP contribution in [0.4, 0.5) is 0 Å². The van der Waals surface area contributed by atoms with Gasteiger partial charge in [-0.2, -0.15) is 0 Å². The molecule has 1 atom stereocenters. The highest BCUT2D eigenvalue weighted by Crippen LogP contribution is 2.34. The first kappa shape index (κ1) is 19.5. The highest BCUT2D eigenvalue weighted by molar-refractivity contribution is 5.89. The maximum Gasteiger partial charge on any atom is 0.228 e. The van der Waals surface area contributed by atoms with Gasteiger partial charge in [-0.25, -0.2) is 0 Å². The average Bonchev–Trinajstić information content (AvgIpc) is 3.06. The van der Waals surface area contributed by atoms with Crippen LogP contribution in [0.3, 0.4) is 0 Å². The van der Waals surface area contributed by atoms with Gasteiger partial charge in [-0.1, -0.05) is 0 Å². The van der Waals surface area contributed by atoms with Gasteiger partial charge >= 0.3 is 0 Å². The molecule has 1 unspecified atom stereocenters. The number of ether oxygens (including phenoxy) is 3. The summed E-state index contributed by atoms with van der Waals surface area (Å²) in [6.45, 7) is 2.99. The molecule has 148 valence electrons. The Kier molecular flexibility index (Phi) is 6.21. The third-order valence-corrected chi connectivity index (χ3v) is 5.37. The molecule has 7 heteroatoms. The highest BCUT2D eigenvalue weighted by Gasteiger charge is 2.37. The van der Waals surface area contributed by atoms with Crippen molar-refractivity contribution in [3.8, 4) is 11.5 Å². The molecule has 1 aromatic rings. The molecule has 0 saturated carbocycles. The Balaban J connectivity index is 1.65. The average molecular weight is 376 g/mol. The van der Waals surface area contributed by atoms with Crippen LogP contribution in [0.25, 0.3) is 0 Å². The van der Waals surface area contributed by atoms with Crippen LogP contribution in [0.1, 0.15) is 24.0 Å². The van der Waals surface area contributed by atoms with Crippen LogP contribution in [0, 0.1) is 5.92 Å². The fraction of sp³-hybridized carbons (Fsp3) is 0.600. The van der Waals surface area contributed by atoms with Crippen molar-refractivity contribution in [2.75, 3.05) is 47.6 Å². The number of nitrogens with zero attached hydrogens (tertiary/aromatic N) is 2.